The highest BCUT2D eigenvalue weighted by Gasteiger charge is 2.21. The molecule has 0 unspecified atom stereocenters. The highest BCUT2D eigenvalue weighted by molar-refractivity contribution is 6.40. The SMILES string of the molecule is COC=Nc1ccc2oc3c(OC)ccc(C(=O)Nc4c(Cl)cncc4Cl)c3c2c1. The molecule has 0 radical (unpaired) electrons. The molecule has 7 nitrogen and oxygen atoms in total. The number of hydrogen-bond acceptors (Lipinski definition) is 6. The number of hydrogen-bond donors (Lipinski definition) is 1. The molecular formula is C21H15Cl2N3O4. The fourth-order valence-corrected chi connectivity index (χ4v) is 3.56. The number of nitrogens with zero attached hydrogens (tertiary/aromatic N) is 2. The van der Waals surface area contributed by atoms with Crippen molar-refractivity contribution in [3.05, 3.63) is 58.3 Å². The highest BCUT2D eigenvalue weighted by atomic mass is 35.5. The minimum atomic E-state index is -0.411. The summed E-state index contributed by atoms with van der Waals surface area (Å²) in [4.78, 5) is 21.3. The summed E-state index contributed by atoms with van der Waals surface area (Å²) in [6.07, 6.45) is 4.13. The summed E-state index contributed by atoms with van der Waals surface area (Å²) < 4.78 is 16.3. The molecule has 2 heterocycles. The van der Waals surface area contributed by atoms with Crippen molar-refractivity contribution >= 4 is 68.8 Å². The maximum atomic E-state index is 13.1. The highest BCUT2D eigenvalue weighted by Crippen LogP contribution is 2.39. The molecule has 1 N–H and O–H groups in total. The third kappa shape index (κ3) is 3.53. The van der Waals surface area contributed by atoms with E-state index in [2.05, 4.69) is 15.3 Å². The lowest BCUT2D eigenvalue weighted by Crippen LogP contribution is -2.13. The second-order valence-corrected chi connectivity index (χ2v) is 7.02. The van der Waals surface area contributed by atoms with Gasteiger partial charge >= 0.3 is 0 Å². The number of methoxy groups -OCH3 is 2. The van der Waals surface area contributed by atoms with Crippen molar-refractivity contribution in [2.24, 2.45) is 4.99 Å². The number of aromatic nitrogens is 1. The second kappa shape index (κ2) is 8.22. The van der Waals surface area contributed by atoms with Crippen LogP contribution in [0.3, 0.4) is 0 Å². The molecule has 9 heteroatoms. The number of furan rings is 1. The number of benzene rings is 2. The lowest BCUT2D eigenvalue weighted by atomic mass is 10.0. The van der Waals surface area contributed by atoms with Gasteiger partial charge in [-0.1, -0.05) is 23.2 Å². The average molecular weight is 444 g/mol. The maximum Gasteiger partial charge on any atom is 0.256 e. The van der Waals surface area contributed by atoms with Crippen LogP contribution >= 0.6 is 23.2 Å². The normalized spacial score (nSPS) is 11.3. The molecule has 0 atom stereocenters. The Bertz CT molecular complexity index is 1280. The van der Waals surface area contributed by atoms with Crippen molar-refractivity contribution < 1.29 is 18.7 Å². The van der Waals surface area contributed by atoms with E-state index in [1.165, 1.54) is 33.0 Å². The third-order valence-corrected chi connectivity index (χ3v) is 5.00. The average Bonchev–Trinajstić information content (AvgIpc) is 3.13. The Hall–Kier alpha value is -3.29. The quantitative estimate of drug-likeness (QED) is 0.308. The first-order valence-corrected chi connectivity index (χ1v) is 9.48. The van der Waals surface area contributed by atoms with Gasteiger partial charge in [-0.05, 0) is 30.3 Å². The summed E-state index contributed by atoms with van der Waals surface area (Å²) in [5.74, 6) is 0.0887. The van der Waals surface area contributed by atoms with Crippen molar-refractivity contribution in [1.29, 1.82) is 0 Å². The van der Waals surface area contributed by atoms with Gasteiger partial charge in [0.25, 0.3) is 5.91 Å². The van der Waals surface area contributed by atoms with Crippen LogP contribution < -0.4 is 10.1 Å². The van der Waals surface area contributed by atoms with Gasteiger partial charge < -0.3 is 19.2 Å². The molecule has 0 saturated carbocycles. The minimum Gasteiger partial charge on any atom is -0.493 e. The van der Waals surface area contributed by atoms with Gasteiger partial charge in [0.05, 0.1) is 41.2 Å². The van der Waals surface area contributed by atoms with Gasteiger partial charge in [-0.3, -0.25) is 9.78 Å². The number of aliphatic imine (C=N–C) groups is 1. The lowest BCUT2D eigenvalue weighted by molar-refractivity contribution is 0.102. The van der Waals surface area contributed by atoms with Crippen LogP contribution in [0.5, 0.6) is 5.75 Å². The summed E-state index contributed by atoms with van der Waals surface area (Å²) in [6.45, 7) is 0. The second-order valence-electron chi connectivity index (χ2n) is 6.20. The summed E-state index contributed by atoms with van der Waals surface area (Å²) in [7, 11) is 3.05. The standard InChI is InChI=1S/C21H15Cl2N3O4/c1-28-10-25-11-3-5-16-13(7-11)18-12(4-6-17(29-2)20(18)30-16)21(27)26-19-14(22)8-24-9-15(19)23/h3-10H,1-2H3,(H,24,26,27). The summed E-state index contributed by atoms with van der Waals surface area (Å²) in [6, 6.07) is 8.68. The number of anilines is 1. The first kappa shape index (κ1) is 20.0. The number of amides is 1. The molecule has 0 spiro atoms. The Morgan fingerprint density at radius 2 is 1.93 bits per heavy atom. The molecule has 0 aliphatic carbocycles. The van der Waals surface area contributed by atoms with E-state index in [0.717, 1.165) is 0 Å². The Balaban J connectivity index is 1.90. The first-order valence-electron chi connectivity index (χ1n) is 8.72. The molecule has 2 aromatic carbocycles. The Morgan fingerprint density at radius 3 is 2.63 bits per heavy atom. The van der Waals surface area contributed by atoms with Crippen LogP contribution in [-0.4, -0.2) is 31.5 Å². The number of carbonyl (C=O) groups is 1. The van der Waals surface area contributed by atoms with E-state index < -0.39 is 5.91 Å². The van der Waals surface area contributed by atoms with E-state index in [9.17, 15) is 4.79 Å². The van der Waals surface area contributed by atoms with E-state index in [0.29, 0.717) is 38.9 Å². The molecule has 0 aliphatic heterocycles. The van der Waals surface area contributed by atoms with E-state index in [1.807, 2.05) is 0 Å². The van der Waals surface area contributed by atoms with Crippen LogP contribution in [0.2, 0.25) is 10.0 Å². The number of carbonyl (C=O) groups excluding carboxylic acids is 1. The third-order valence-electron chi connectivity index (χ3n) is 4.43. The predicted molar refractivity (Wildman–Crippen MR) is 118 cm³/mol. The number of nitrogens with one attached hydrogen (secondary N) is 1. The fourth-order valence-electron chi connectivity index (χ4n) is 3.10. The number of halogens is 2. The van der Waals surface area contributed by atoms with Crippen molar-refractivity contribution in [2.75, 3.05) is 19.5 Å². The van der Waals surface area contributed by atoms with Crippen molar-refractivity contribution in [1.82, 2.24) is 4.98 Å². The zero-order chi connectivity index (χ0) is 21.3. The van der Waals surface area contributed by atoms with Gasteiger partial charge in [-0.25, -0.2) is 4.99 Å². The summed E-state index contributed by atoms with van der Waals surface area (Å²) in [5, 5.41) is 4.50. The number of fused-ring (bicyclic) bond motifs is 3. The van der Waals surface area contributed by atoms with Gasteiger partial charge in [-0.2, -0.15) is 0 Å². The minimum absolute atomic E-state index is 0.230. The van der Waals surface area contributed by atoms with Crippen LogP contribution in [-0.2, 0) is 4.74 Å². The Morgan fingerprint density at radius 1 is 1.17 bits per heavy atom. The molecule has 0 bridgehead atoms. The monoisotopic (exact) mass is 443 g/mol. The number of rotatable bonds is 5. The van der Waals surface area contributed by atoms with Gasteiger partial charge in [0, 0.05) is 23.2 Å². The van der Waals surface area contributed by atoms with Gasteiger partial charge in [0.15, 0.2) is 17.7 Å². The molecule has 1 amide bonds. The number of pyridine rings is 1. The molecule has 0 aliphatic rings. The molecule has 4 rings (SSSR count). The summed E-state index contributed by atoms with van der Waals surface area (Å²) >= 11 is 12.3. The lowest BCUT2D eigenvalue weighted by Gasteiger charge is -2.10. The molecule has 4 aromatic rings. The zero-order valence-electron chi connectivity index (χ0n) is 15.9. The summed E-state index contributed by atoms with van der Waals surface area (Å²) in [5.41, 5.74) is 2.31. The Labute approximate surface area is 181 Å². The molecule has 0 saturated heterocycles. The molecule has 30 heavy (non-hydrogen) atoms. The largest absolute Gasteiger partial charge is 0.493 e. The molecule has 0 fully saturated rings. The van der Waals surface area contributed by atoms with Crippen molar-refractivity contribution in [3.63, 3.8) is 0 Å². The van der Waals surface area contributed by atoms with Gasteiger partial charge in [0.2, 0.25) is 0 Å². The van der Waals surface area contributed by atoms with Crippen molar-refractivity contribution in [3.8, 4) is 5.75 Å². The zero-order valence-corrected chi connectivity index (χ0v) is 17.4. The number of ether oxygens (including phenoxy) is 2. The Kier molecular flexibility index (Phi) is 5.48. The van der Waals surface area contributed by atoms with Crippen LogP contribution in [0.25, 0.3) is 21.9 Å². The van der Waals surface area contributed by atoms with E-state index in [1.54, 1.807) is 30.3 Å². The van der Waals surface area contributed by atoms with E-state index >= 15 is 0 Å². The predicted octanol–water partition coefficient (Wildman–Crippen LogP) is 5.85. The smallest absolute Gasteiger partial charge is 0.256 e. The van der Waals surface area contributed by atoms with Crippen LogP contribution in [0, 0.1) is 0 Å². The molecule has 2 aromatic heterocycles. The first-order chi connectivity index (χ1) is 14.5. The van der Waals surface area contributed by atoms with E-state index in [4.69, 9.17) is 37.1 Å². The fraction of sp³-hybridized carbons (Fsp3) is 0.0952. The van der Waals surface area contributed by atoms with Gasteiger partial charge in [-0.15, -0.1) is 0 Å². The van der Waals surface area contributed by atoms with Crippen LogP contribution in [0.1, 0.15) is 10.4 Å². The molecular weight excluding hydrogens is 429 g/mol. The topological polar surface area (TPSA) is 86.0 Å². The van der Waals surface area contributed by atoms with Crippen LogP contribution in [0.4, 0.5) is 11.4 Å². The molecule has 152 valence electrons. The van der Waals surface area contributed by atoms with Crippen molar-refractivity contribution in [2.45, 2.75) is 0 Å². The van der Waals surface area contributed by atoms with Gasteiger partial charge in [0.1, 0.15) is 5.58 Å². The maximum absolute atomic E-state index is 13.1. The van der Waals surface area contributed by atoms with E-state index in [-0.39, 0.29) is 15.7 Å². The van der Waals surface area contributed by atoms with Crippen LogP contribution in [0.15, 0.2) is 52.1 Å².